The average molecular weight is 341 g/mol. The van der Waals surface area contributed by atoms with E-state index in [1.807, 2.05) is 0 Å². The van der Waals surface area contributed by atoms with Gasteiger partial charge < -0.3 is 4.42 Å². The van der Waals surface area contributed by atoms with Gasteiger partial charge in [0.25, 0.3) is 0 Å². The first-order valence-corrected chi connectivity index (χ1v) is 7.31. The van der Waals surface area contributed by atoms with Crippen molar-refractivity contribution < 1.29 is 4.42 Å². The minimum atomic E-state index is 0.768. The van der Waals surface area contributed by atoms with Gasteiger partial charge in [-0.2, -0.15) is 0 Å². The third kappa shape index (κ3) is 2.39. The molecule has 0 aliphatic carbocycles. The van der Waals surface area contributed by atoms with Crippen molar-refractivity contribution in [2.24, 2.45) is 0 Å². The third-order valence-corrected chi connectivity index (χ3v) is 3.64. The van der Waals surface area contributed by atoms with Crippen LogP contribution in [0, 0.1) is 13.8 Å². The van der Waals surface area contributed by atoms with Crippen molar-refractivity contribution in [3.05, 3.63) is 40.8 Å². The number of rotatable bonds is 3. The van der Waals surface area contributed by atoms with Gasteiger partial charge in [-0.3, -0.25) is 0 Å². The highest BCUT2D eigenvalue weighted by molar-refractivity contribution is 14.1. The zero-order valence-electron chi connectivity index (χ0n) is 10.4. The summed E-state index contributed by atoms with van der Waals surface area (Å²) >= 11 is 2.33. The molecule has 1 heterocycles. The number of hydrogen-bond donors (Lipinski definition) is 0. The summed E-state index contributed by atoms with van der Waals surface area (Å²) in [6.45, 7) is 6.30. The van der Waals surface area contributed by atoms with Gasteiger partial charge in [0.2, 0.25) is 5.89 Å². The molecule has 0 amide bonds. The first-order chi connectivity index (χ1) is 8.17. The van der Waals surface area contributed by atoms with E-state index < -0.39 is 0 Å². The second-order valence-corrected chi connectivity index (χ2v) is 4.91. The minimum Gasteiger partial charge on any atom is -0.441 e. The molecule has 0 bridgehead atoms. The molecule has 1 aromatic heterocycles. The lowest BCUT2D eigenvalue weighted by Crippen LogP contribution is -1.88. The molecule has 2 rings (SSSR count). The maximum atomic E-state index is 5.89. The molecule has 0 saturated carbocycles. The predicted octanol–water partition coefficient (Wildman–Crippen LogP) is 4.46. The van der Waals surface area contributed by atoms with E-state index in [1.54, 1.807) is 0 Å². The SMILES string of the molecule is CCc1oc(-c2c(C)cccc2C)nc1CI. The Morgan fingerprint density at radius 3 is 2.35 bits per heavy atom. The summed E-state index contributed by atoms with van der Waals surface area (Å²) in [5.41, 5.74) is 4.65. The second-order valence-electron chi connectivity index (χ2n) is 4.14. The topological polar surface area (TPSA) is 26.0 Å². The Balaban J connectivity index is 2.57. The highest BCUT2D eigenvalue weighted by Gasteiger charge is 2.15. The van der Waals surface area contributed by atoms with Gasteiger partial charge in [-0.25, -0.2) is 4.98 Å². The van der Waals surface area contributed by atoms with Crippen LogP contribution in [-0.2, 0) is 10.8 Å². The number of oxazole rings is 1. The molecule has 90 valence electrons. The number of aromatic nitrogens is 1. The average Bonchev–Trinajstić information content (AvgIpc) is 2.72. The molecule has 2 nitrogen and oxygen atoms in total. The molecule has 3 heteroatoms. The van der Waals surface area contributed by atoms with E-state index in [0.717, 1.165) is 33.8 Å². The Labute approximate surface area is 116 Å². The van der Waals surface area contributed by atoms with Crippen molar-refractivity contribution >= 4 is 22.6 Å². The lowest BCUT2D eigenvalue weighted by Gasteiger charge is -2.04. The fourth-order valence-electron chi connectivity index (χ4n) is 2.02. The quantitative estimate of drug-likeness (QED) is 0.609. The summed E-state index contributed by atoms with van der Waals surface area (Å²) in [6, 6.07) is 6.26. The summed E-state index contributed by atoms with van der Waals surface area (Å²) < 4.78 is 6.78. The van der Waals surface area contributed by atoms with Crippen LogP contribution in [-0.4, -0.2) is 4.98 Å². The number of aryl methyl sites for hydroxylation is 3. The van der Waals surface area contributed by atoms with Crippen LogP contribution in [0.25, 0.3) is 11.5 Å². The lowest BCUT2D eigenvalue weighted by molar-refractivity contribution is 0.521. The van der Waals surface area contributed by atoms with E-state index in [2.05, 4.69) is 66.5 Å². The molecular formula is C14H16INO. The zero-order chi connectivity index (χ0) is 12.4. The summed E-state index contributed by atoms with van der Waals surface area (Å²) in [4.78, 5) is 4.62. The van der Waals surface area contributed by atoms with Crippen LogP contribution in [0.5, 0.6) is 0 Å². The molecule has 2 aromatic rings. The van der Waals surface area contributed by atoms with E-state index >= 15 is 0 Å². The van der Waals surface area contributed by atoms with E-state index in [4.69, 9.17) is 4.42 Å². The van der Waals surface area contributed by atoms with Crippen molar-refractivity contribution in [1.29, 1.82) is 0 Å². The van der Waals surface area contributed by atoms with E-state index in [-0.39, 0.29) is 0 Å². The Kier molecular flexibility index (Phi) is 3.86. The Hall–Kier alpha value is -0.840. The third-order valence-electron chi connectivity index (χ3n) is 2.92. The van der Waals surface area contributed by atoms with Crippen LogP contribution in [0.4, 0.5) is 0 Å². The molecule has 0 N–H and O–H groups in total. The summed E-state index contributed by atoms with van der Waals surface area (Å²) in [7, 11) is 0. The second kappa shape index (κ2) is 5.21. The van der Waals surface area contributed by atoms with Gasteiger partial charge in [0.1, 0.15) is 5.76 Å². The molecular weight excluding hydrogens is 325 g/mol. The predicted molar refractivity (Wildman–Crippen MR) is 78.5 cm³/mol. The monoisotopic (exact) mass is 341 g/mol. The van der Waals surface area contributed by atoms with E-state index in [1.165, 1.54) is 11.1 Å². The first-order valence-electron chi connectivity index (χ1n) is 5.78. The Bertz CT molecular complexity index is 489. The molecule has 0 fully saturated rings. The van der Waals surface area contributed by atoms with E-state index in [9.17, 15) is 0 Å². The lowest BCUT2D eigenvalue weighted by atomic mass is 10.0. The van der Waals surface area contributed by atoms with Crippen molar-refractivity contribution in [1.82, 2.24) is 4.98 Å². The molecule has 0 aliphatic rings. The highest BCUT2D eigenvalue weighted by Crippen LogP contribution is 2.29. The number of hydrogen-bond acceptors (Lipinski definition) is 2. The molecule has 0 spiro atoms. The van der Waals surface area contributed by atoms with Gasteiger partial charge in [-0.15, -0.1) is 0 Å². The standard InChI is InChI=1S/C14H16INO/c1-4-12-11(8-15)16-14(17-12)13-9(2)6-5-7-10(13)3/h5-7H,4,8H2,1-3H3. The van der Waals surface area contributed by atoms with Crippen LogP contribution in [0.1, 0.15) is 29.5 Å². The van der Waals surface area contributed by atoms with Crippen molar-refractivity contribution in [2.45, 2.75) is 31.6 Å². The largest absolute Gasteiger partial charge is 0.441 e. The van der Waals surface area contributed by atoms with Crippen LogP contribution < -0.4 is 0 Å². The number of halogens is 1. The van der Waals surface area contributed by atoms with Gasteiger partial charge >= 0.3 is 0 Å². The highest BCUT2D eigenvalue weighted by atomic mass is 127. The Morgan fingerprint density at radius 2 is 1.88 bits per heavy atom. The number of alkyl halides is 1. The molecule has 0 unspecified atom stereocenters. The number of benzene rings is 1. The molecule has 17 heavy (non-hydrogen) atoms. The van der Waals surface area contributed by atoms with E-state index in [0.29, 0.717) is 0 Å². The van der Waals surface area contributed by atoms with Crippen molar-refractivity contribution in [3.8, 4) is 11.5 Å². The van der Waals surface area contributed by atoms with Gasteiger partial charge in [-0.1, -0.05) is 47.7 Å². The first kappa shape index (κ1) is 12.6. The molecule has 0 atom stereocenters. The summed E-state index contributed by atoms with van der Waals surface area (Å²) in [5.74, 6) is 1.78. The van der Waals surface area contributed by atoms with Gasteiger partial charge in [0, 0.05) is 16.4 Å². The molecule has 0 saturated heterocycles. The fraction of sp³-hybridized carbons (Fsp3) is 0.357. The fourth-order valence-corrected chi connectivity index (χ4v) is 2.62. The molecule has 0 aliphatic heterocycles. The van der Waals surface area contributed by atoms with Crippen molar-refractivity contribution in [3.63, 3.8) is 0 Å². The number of nitrogens with zero attached hydrogens (tertiary/aromatic N) is 1. The minimum absolute atomic E-state index is 0.768. The van der Waals surface area contributed by atoms with Gasteiger partial charge in [0.15, 0.2) is 0 Å². The maximum Gasteiger partial charge on any atom is 0.227 e. The van der Waals surface area contributed by atoms with Crippen LogP contribution >= 0.6 is 22.6 Å². The maximum absolute atomic E-state index is 5.89. The zero-order valence-corrected chi connectivity index (χ0v) is 12.5. The Morgan fingerprint density at radius 1 is 1.24 bits per heavy atom. The normalized spacial score (nSPS) is 10.8. The molecule has 1 aromatic carbocycles. The summed E-state index contributed by atoms with van der Waals surface area (Å²) in [5, 5.41) is 0. The van der Waals surface area contributed by atoms with Crippen LogP contribution in [0.3, 0.4) is 0 Å². The molecule has 0 radical (unpaired) electrons. The van der Waals surface area contributed by atoms with Gasteiger partial charge in [0.05, 0.1) is 5.69 Å². The van der Waals surface area contributed by atoms with Crippen LogP contribution in [0.2, 0.25) is 0 Å². The van der Waals surface area contributed by atoms with Crippen LogP contribution in [0.15, 0.2) is 22.6 Å². The summed E-state index contributed by atoms with van der Waals surface area (Å²) in [6.07, 6.45) is 0.899. The van der Waals surface area contributed by atoms with Gasteiger partial charge in [-0.05, 0) is 25.0 Å². The smallest absolute Gasteiger partial charge is 0.227 e. The van der Waals surface area contributed by atoms with Crippen molar-refractivity contribution in [2.75, 3.05) is 0 Å².